The number of aromatic amines is 1. The zero-order valence-electron chi connectivity index (χ0n) is 19.4. The highest BCUT2D eigenvalue weighted by atomic mass is 16.5. The Morgan fingerprint density at radius 3 is 2.58 bits per heavy atom. The van der Waals surface area contributed by atoms with Crippen LogP contribution in [-0.4, -0.2) is 35.7 Å². The van der Waals surface area contributed by atoms with E-state index in [0.717, 1.165) is 72.5 Å². The molecule has 1 aliphatic carbocycles. The molecule has 7 nitrogen and oxygen atoms in total. The van der Waals surface area contributed by atoms with Gasteiger partial charge in [-0.3, -0.25) is 9.36 Å². The number of hydrogen-bond acceptors (Lipinski definition) is 4. The number of benzene rings is 2. The number of methoxy groups -OCH3 is 1. The summed E-state index contributed by atoms with van der Waals surface area (Å²) in [5.74, 6) is 0.764. The van der Waals surface area contributed by atoms with Gasteiger partial charge in [-0.15, -0.1) is 0 Å². The number of carbonyl (C=O) groups is 1. The summed E-state index contributed by atoms with van der Waals surface area (Å²) >= 11 is 0. The SMILES string of the molecule is COc1cc(NC(=O)C2CCC(n3c(=O)[nH]c4c(N5CCCC5)cccc43)CC2)ccc1C. The number of imidazole rings is 1. The van der Waals surface area contributed by atoms with Crippen molar-refractivity contribution in [2.45, 2.75) is 51.5 Å². The highest BCUT2D eigenvalue weighted by Gasteiger charge is 2.29. The molecule has 2 aliphatic rings. The summed E-state index contributed by atoms with van der Waals surface area (Å²) in [5, 5.41) is 3.04. The smallest absolute Gasteiger partial charge is 0.326 e. The molecule has 174 valence electrons. The van der Waals surface area contributed by atoms with Gasteiger partial charge in [0.15, 0.2) is 0 Å². The van der Waals surface area contributed by atoms with Gasteiger partial charge in [0.05, 0.1) is 23.8 Å². The summed E-state index contributed by atoms with van der Waals surface area (Å²) in [6.07, 6.45) is 5.56. The molecule has 0 unspecified atom stereocenters. The second-order valence-corrected chi connectivity index (χ2v) is 9.34. The van der Waals surface area contributed by atoms with E-state index < -0.39 is 0 Å². The van der Waals surface area contributed by atoms with Crippen LogP contribution in [0.4, 0.5) is 11.4 Å². The van der Waals surface area contributed by atoms with E-state index in [0.29, 0.717) is 0 Å². The summed E-state index contributed by atoms with van der Waals surface area (Å²) in [6.45, 7) is 4.06. The number of rotatable bonds is 5. The molecule has 1 amide bonds. The number of para-hydroxylation sites is 1. The minimum atomic E-state index is -0.0467. The van der Waals surface area contributed by atoms with Crippen LogP contribution in [0.5, 0.6) is 5.75 Å². The van der Waals surface area contributed by atoms with Crippen molar-refractivity contribution in [3.8, 4) is 5.75 Å². The van der Waals surface area contributed by atoms with Gasteiger partial charge in [0.25, 0.3) is 0 Å². The van der Waals surface area contributed by atoms with E-state index in [1.165, 1.54) is 12.8 Å². The van der Waals surface area contributed by atoms with Gasteiger partial charge in [-0.05, 0) is 69.2 Å². The average Bonchev–Trinajstić information content (AvgIpc) is 3.47. The average molecular weight is 449 g/mol. The molecule has 0 bridgehead atoms. The van der Waals surface area contributed by atoms with Crippen LogP contribution < -0.4 is 20.6 Å². The van der Waals surface area contributed by atoms with Gasteiger partial charge in [-0.1, -0.05) is 12.1 Å². The third kappa shape index (κ3) is 4.12. The number of fused-ring (bicyclic) bond motifs is 1. The summed E-state index contributed by atoms with van der Waals surface area (Å²) in [4.78, 5) is 31.3. The predicted octanol–water partition coefficient (Wildman–Crippen LogP) is 4.62. The van der Waals surface area contributed by atoms with Crippen LogP contribution in [-0.2, 0) is 4.79 Å². The lowest BCUT2D eigenvalue weighted by molar-refractivity contribution is -0.121. The Morgan fingerprint density at radius 1 is 1.09 bits per heavy atom. The van der Waals surface area contributed by atoms with Crippen LogP contribution in [0.2, 0.25) is 0 Å². The first-order chi connectivity index (χ1) is 16.0. The van der Waals surface area contributed by atoms with Crippen LogP contribution in [0.3, 0.4) is 0 Å². The van der Waals surface area contributed by atoms with Gasteiger partial charge < -0.3 is 19.9 Å². The lowest BCUT2D eigenvalue weighted by atomic mass is 9.85. The van der Waals surface area contributed by atoms with E-state index in [-0.39, 0.29) is 23.6 Å². The van der Waals surface area contributed by atoms with Gasteiger partial charge in [0.1, 0.15) is 5.75 Å². The first-order valence-electron chi connectivity index (χ1n) is 12.0. The Morgan fingerprint density at radius 2 is 1.85 bits per heavy atom. The third-order valence-electron chi connectivity index (χ3n) is 7.29. The van der Waals surface area contributed by atoms with Crippen molar-refractivity contribution in [1.29, 1.82) is 0 Å². The zero-order chi connectivity index (χ0) is 22.9. The van der Waals surface area contributed by atoms with Gasteiger partial charge in [0, 0.05) is 36.8 Å². The van der Waals surface area contributed by atoms with Gasteiger partial charge >= 0.3 is 5.69 Å². The third-order valence-corrected chi connectivity index (χ3v) is 7.29. The lowest BCUT2D eigenvalue weighted by Crippen LogP contribution is -2.31. The summed E-state index contributed by atoms with van der Waals surface area (Å²) in [5.41, 5.74) is 4.79. The molecular weight excluding hydrogens is 416 g/mol. The van der Waals surface area contributed by atoms with Crippen molar-refractivity contribution in [3.63, 3.8) is 0 Å². The molecule has 1 saturated carbocycles. The van der Waals surface area contributed by atoms with Crippen molar-refractivity contribution in [3.05, 3.63) is 52.4 Å². The molecule has 2 N–H and O–H groups in total. The van der Waals surface area contributed by atoms with Crippen LogP contribution >= 0.6 is 0 Å². The summed E-state index contributed by atoms with van der Waals surface area (Å²) in [7, 11) is 1.63. The highest BCUT2D eigenvalue weighted by Crippen LogP contribution is 2.36. The number of nitrogens with zero attached hydrogens (tertiary/aromatic N) is 2. The van der Waals surface area contributed by atoms with Crippen molar-refractivity contribution >= 4 is 28.3 Å². The number of nitrogens with one attached hydrogen (secondary N) is 2. The maximum atomic E-state index is 12.9. The Kier molecular flexibility index (Phi) is 5.87. The fourth-order valence-electron chi connectivity index (χ4n) is 5.46. The van der Waals surface area contributed by atoms with E-state index in [1.807, 2.05) is 35.8 Å². The number of hydrogen-bond donors (Lipinski definition) is 2. The number of aryl methyl sites for hydroxylation is 1. The normalized spacial score (nSPS) is 20.8. The van der Waals surface area contributed by atoms with E-state index in [2.05, 4.69) is 27.3 Å². The number of carbonyl (C=O) groups excluding carboxylic acids is 1. The first kappa shape index (κ1) is 21.6. The Balaban J connectivity index is 1.29. The van der Waals surface area contributed by atoms with Crippen molar-refractivity contribution in [1.82, 2.24) is 9.55 Å². The summed E-state index contributed by atoms with van der Waals surface area (Å²) < 4.78 is 7.29. The maximum Gasteiger partial charge on any atom is 0.326 e. The van der Waals surface area contributed by atoms with Gasteiger partial charge in [-0.25, -0.2) is 4.79 Å². The van der Waals surface area contributed by atoms with E-state index >= 15 is 0 Å². The molecule has 2 fully saturated rings. The first-order valence-corrected chi connectivity index (χ1v) is 12.0. The second kappa shape index (κ2) is 8.96. The van der Waals surface area contributed by atoms with Crippen LogP contribution in [0.1, 0.15) is 50.1 Å². The minimum Gasteiger partial charge on any atom is -0.496 e. The maximum absolute atomic E-state index is 12.9. The molecular formula is C26H32N4O3. The molecule has 0 spiro atoms. The van der Waals surface area contributed by atoms with E-state index in [1.54, 1.807) is 7.11 Å². The number of anilines is 2. The lowest BCUT2D eigenvalue weighted by Gasteiger charge is -2.28. The molecule has 0 radical (unpaired) electrons. The molecule has 1 aliphatic heterocycles. The quantitative estimate of drug-likeness (QED) is 0.597. The molecule has 3 aromatic rings. The fraction of sp³-hybridized carbons (Fsp3) is 0.462. The van der Waals surface area contributed by atoms with Crippen LogP contribution in [0, 0.1) is 12.8 Å². The standard InChI is InChI=1S/C26H32N4O3/c1-17-8-11-19(16-23(17)33-2)27-25(31)18-9-12-20(13-10-18)30-22-7-5-6-21(24(22)28-26(30)32)29-14-3-4-15-29/h5-8,11,16,18,20H,3-4,9-10,12-15H2,1-2H3,(H,27,31)(H,28,32). The number of ether oxygens (including phenoxy) is 1. The highest BCUT2D eigenvalue weighted by molar-refractivity contribution is 5.93. The monoisotopic (exact) mass is 448 g/mol. The topological polar surface area (TPSA) is 79.4 Å². The predicted molar refractivity (Wildman–Crippen MR) is 131 cm³/mol. The number of H-pyrrole nitrogens is 1. The Hall–Kier alpha value is -3.22. The van der Waals surface area contributed by atoms with Crippen molar-refractivity contribution in [2.24, 2.45) is 5.92 Å². The molecule has 0 atom stereocenters. The number of aromatic nitrogens is 2. The van der Waals surface area contributed by atoms with Crippen molar-refractivity contribution < 1.29 is 9.53 Å². The molecule has 7 heteroatoms. The second-order valence-electron chi connectivity index (χ2n) is 9.34. The van der Waals surface area contributed by atoms with Gasteiger partial charge in [-0.2, -0.15) is 0 Å². The number of amides is 1. The van der Waals surface area contributed by atoms with Gasteiger partial charge in [0.2, 0.25) is 5.91 Å². The largest absolute Gasteiger partial charge is 0.496 e. The van der Waals surface area contributed by atoms with Crippen LogP contribution in [0.25, 0.3) is 11.0 Å². The molecule has 33 heavy (non-hydrogen) atoms. The molecule has 1 saturated heterocycles. The molecule has 1 aromatic heterocycles. The Bertz CT molecular complexity index is 1210. The molecule has 5 rings (SSSR count). The zero-order valence-corrected chi connectivity index (χ0v) is 19.4. The summed E-state index contributed by atoms with van der Waals surface area (Å²) in [6, 6.07) is 12.0. The van der Waals surface area contributed by atoms with E-state index in [4.69, 9.17) is 4.74 Å². The van der Waals surface area contributed by atoms with Crippen LogP contribution in [0.15, 0.2) is 41.2 Å². The van der Waals surface area contributed by atoms with E-state index in [9.17, 15) is 9.59 Å². The fourth-order valence-corrected chi connectivity index (χ4v) is 5.46. The molecule has 2 heterocycles. The minimum absolute atomic E-state index is 0.0435. The molecule has 2 aromatic carbocycles. The Labute approximate surface area is 193 Å². The van der Waals surface area contributed by atoms with Crippen molar-refractivity contribution in [2.75, 3.05) is 30.4 Å².